The van der Waals surface area contributed by atoms with Crippen molar-refractivity contribution in [3.8, 4) is 11.4 Å². The Morgan fingerprint density at radius 1 is 1.14 bits per heavy atom. The van der Waals surface area contributed by atoms with Crippen molar-refractivity contribution < 1.29 is 27.4 Å². The number of aromatic nitrogens is 5. The quantitative estimate of drug-likeness (QED) is 0.278. The van der Waals surface area contributed by atoms with E-state index in [1.165, 1.54) is 50.3 Å². The summed E-state index contributed by atoms with van der Waals surface area (Å²) in [5.41, 5.74) is 4.64. The van der Waals surface area contributed by atoms with Crippen LogP contribution in [0.1, 0.15) is 63.4 Å². The highest BCUT2D eigenvalue weighted by Gasteiger charge is 2.31. The molecule has 6 rings (SSSR count). The fourth-order valence-corrected chi connectivity index (χ4v) is 5.53. The van der Waals surface area contributed by atoms with Crippen LogP contribution in [0.5, 0.6) is 5.75 Å². The van der Waals surface area contributed by atoms with E-state index in [1.807, 2.05) is 0 Å². The molecule has 0 spiro atoms. The zero-order valence-corrected chi connectivity index (χ0v) is 23.9. The molecular weight excluding hydrogens is 563 g/mol. The minimum absolute atomic E-state index is 0.00611. The Morgan fingerprint density at radius 3 is 2.70 bits per heavy atom. The summed E-state index contributed by atoms with van der Waals surface area (Å²) in [6.07, 6.45) is 3.44. The first-order valence-corrected chi connectivity index (χ1v) is 14.1. The summed E-state index contributed by atoms with van der Waals surface area (Å²) in [7, 11) is 2.82. The van der Waals surface area contributed by atoms with Gasteiger partial charge in [0.25, 0.3) is 12.3 Å². The lowest BCUT2D eigenvalue weighted by Gasteiger charge is -2.29. The number of rotatable bonds is 11. The summed E-state index contributed by atoms with van der Waals surface area (Å²) in [4.78, 5) is 19.5. The molecule has 1 N–H and O–H groups in total. The summed E-state index contributed by atoms with van der Waals surface area (Å²) >= 11 is 0. The fraction of sp³-hybridized carbons (Fsp3) is 0.400. The number of nitrogens with one attached hydrogen (secondary N) is 1. The lowest BCUT2D eigenvalue weighted by Crippen LogP contribution is -2.32. The first kappa shape index (κ1) is 28.9. The number of methoxy groups -OCH3 is 2. The van der Waals surface area contributed by atoms with Crippen LogP contribution in [0.15, 0.2) is 42.9 Å². The highest BCUT2D eigenvalue weighted by Crippen LogP contribution is 2.32. The van der Waals surface area contributed by atoms with Gasteiger partial charge in [0.1, 0.15) is 12.0 Å². The van der Waals surface area contributed by atoms with Gasteiger partial charge in [-0.25, -0.2) is 22.8 Å². The van der Waals surface area contributed by atoms with E-state index in [0.717, 1.165) is 36.1 Å². The number of amides is 1. The number of carbonyl (C=O) groups excluding carboxylic acids is 1. The molecule has 0 saturated heterocycles. The first-order chi connectivity index (χ1) is 20.8. The van der Waals surface area contributed by atoms with E-state index < -0.39 is 24.0 Å². The smallest absolute Gasteiger partial charge is 0.299 e. The van der Waals surface area contributed by atoms with Crippen molar-refractivity contribution in [1.29, 1.82) is 0 Å². The zero-order chi connectivity index (χ0) is 30.1. The maximum absolute atomic E-state index is 15.4. The molecule has 4 aromatic rings. The number of carbonyl (C=O) groups is 1. The fourth-order valence-electron chi connectivity index (χ4n) is 5.53. The highest BCUT2D eigenvalue weighted by molar-refractivity contribution is 5.95. The van der Waals surface area contributed by atoms with Gasteiger partial charge in [0.05, 0.1) is 31.5 Å². The predicted octanol–water partition coefficient (Wildman–Crippen LogP) is 4.19. The van der Waals surface area contributed by atoms with Crippen molar-refractivity contribution in [2.75, 3.05) is 20.8 Å². The third-order valence-corrected chi connectivity index (χ3v) is 7.86. The molecule has 13 heteroatoms. The number of hydrogen-bond acceptors (Lipinski definition) is 7. The third kappa shape index (κ3) is 6.13. The second-order valence-electron chi connectivity index (χ2n) is 10.8. The van der Waals surface area contributed by atoms with Crippen molar-refractivity contribution in [3.05, 3.63) is 88.0 Å². The van der Waals surface area contributed by atoms with Crippen LogP contribution < -0.4 is 10.1 Å². The molecule has 2 aliphatic rings. The molecule has 0 atom stereocenters. The van der Waals surface area contributed by atoms with Crippen LogP contribution >= 0.6 is 0 Å². The van der Waals surface area contributed by atoms with Crippen molar-refractivity contribution in [2.24, 2.45) is 0 Å². The van der Waals surface area contributed by atoms with Gasteiger partial charge in [0.2, 0.25) is 5.82 Å². The van der Waals surface area contributed by atoms with Crippen molar-refractivity contribution >= 4 is 5.91 Å². The Hall–Kier alpha value is -4.23. The molecule has 2 aromatic heterocycles. The average molecular weight is 596 g/mol. The molecule has 0 radical (unpaired) electrons. The largest absolute Gasteiger partial charge is 0.494 e. The Labute approximate surface area is 246 Å². The van der Waals surface area contributed by atoms with Gasteiger partial charge in [-0.05, 0) is 48.1 Å². The molecule has 3 heterocycles. The zero-order valence-electron chi connectivity index (χ0n) is 23.9. The van der Waals surface area contributed by atoms with Crippen molar-refractivity contribution in [1.82, 2.24) is 34.8 Å². The van der Waals surface area contributed by atoms with Gasteiger partial charge in [-0.1, -0.05) is 18.2 Å². The highest BCUT2D eigenvalue weighted by atomic mass is 19.3. The molecule has 1 saturated carbocycles. The van der Waals surface area contributed by atoms with Gasteiger partial charge in [-0.15, -0.1) is 5.10 Å². The number of ether oxygens (including phenoxy) is 2. The monoisotopic (exact) mass is 595 g/mol. The topological polar surface area (TPSA) is 99.3 Å². The summed E-state index contributed by atoms with van der Waals surface area (Å²) in [6, 6.07) is 10.0. The summed E-state index contributed by atoms with van der Waals surface area (Å²) in [5.74, 6) is -2.01. The number of benzene rings is 2. The molecule has 1 aliphatic carbocycles. The molecule has 10 nitrogen and oxygen atoms in total. The van der Waals surface area contributed by atoms with E-state index in [4.69, 9.17) is 9.47 Å². The molecular formula is C30H32F3N7O3. The lowest BCUT2D eigenvalue weighted by molar-refractivity contribution is 0.0945. The van der Waals surface area contributed by atoms with Crippen LogP contribution in [0.3, 0.4) is 0 Å². The minimum Gasteiger partial charge on any atom is -0.494 e. The van der Waals surface area contributed by atoms with E-state index in [-0.39, 0.29) is 35.7 Å². The molecule has 0 unspecified atom stereocenters. The molecule has 1 fully saturated rings. The summed E-state index contributed by atoms with van der Waals surface area (Å²) < 4.78 is 54.7. The average Bonchev–Trinajstić information content (AvgIpc) is 3.60. The number of halogens is 3. The Kier molecular flexibility index (Phi) is 8.17. The second-order valence-corrected chi connectivity index (χ2v) is 10.8. The standard InChI is InChI=1S/C30H32F3N7O3/c1-42-16-24-23(15-39(36-24)13-18-3-4-19-9-10-38(21-5-6-21)14-20(19)11-18)30(41)34-12-22-25(7-8-26(43-2)27(22)31)40-17-35-29(37-40)28(32)33/h3-4,7-8,11,15,17,21,28H,5-6,9-10,12-14,16H2,1-2H3,(H,34,41). The van der Waals surface area contributed by atoms with E-state index >= 15 is 4.39 Å². The molecule has 1 amide bonds. The van der Waals surface area contributed by atoms with Crippen molar-refractivity contribution in [2.45, 2.75) is 58.0 Å². The maximum atomic E-state index is 15.4. The lowest BCUT2D eigenvalue weighted by atomic mass is 9.97. The van der Waals surface area contributed by atoms with E-state index in [2.05, 4.69) is 43.6 Å². The van der Waals surface area contributed by atoms with Crippen LogP contribution in [0.2, 0.25) is 0 Å². The number of nitrogens with zero attached hydrogens (tertiary/aromatic N) is 6. The summed E-state index contributed by atoms with van der Waals surface area (Å²) in [6.45, 7) is 2.35. The van der Waals surface area contributed by atoms with Gasteiger partial charge in [-0.3, -0.25) is 14.4 Å². The first-order valence-electron chi connectivity index (χ1n) is 14.1. The van der Waals surface area contributed by atoms with Crippen LogP contribution in [0.25, 0.3) is 5.69 Å². The second kappa shape index (κ2) is 12.2. The SMILES string of the molecule is COCc1nn(Cc2ccc3c(c2)CN(C2CC2)CC3)cc1C(=O)NCc1c(-n2cnc(C(F)F)n2)ccc(OC)c1F. The van der Waals surface area contributed by atoms with E-state index in [0.29, 0.717) is 18.3 Å². The number of alkyl halides is 2. The maximum Gasteiger partial charge on any atom is 0.299 e. The molecule has 2 aromatic carbocycles. The van der Waals surface area contributed by atoms with Crippen LogP contribution in [-0.4, -0.2) is 62.2 Å². The van der Waals surface area contributed by atoms with Crippen LogP contribution in [0, 0.1) is 5.82 Å². The third-order valence-electron chi connectivity index (χ3n) is 7.86. The Bertz CT molecular complexity index is 1630. The van der Waals surface area contributed by atoms with Gasteiger partial charge < -0.3 is 14.8 Å². The molecule has 1 aliphatic heterocycles. The predicted molar refractivity (Wildman–Crippen MR) is 150 cm³/mol. The molecule has 226 valence electrons. The number of fused-ring (bicyclic) bond motifs is 1. The van der Waals surface area contributed by atoms with E-state index in [9.17, 15) is 13.6 Å². The summed E-state index contributed by atoms with van der Waals surface area (Å²) in [5, 5.41) is 11.1. The molecule has 0 bridgehead atoms. The van der Waals surface area contributed by atoms with E-state index in [1.54, 1.807) is 10.9 Å². The van der Waals surface area contributed by atoms with Gasteiger partial charge >= 0.3 is 0 Å². The Morgan fingerprint density at radius 2 is 1.98 bits per heavy atom. The van der Waals surface area contributed by atoms with Gasteiger partial charge in [0.15, 0.2) is 11.6 Å². The van der Waals surface area contributed by atoms with Crippen LogP contribution in [0.4, 0.5) is 13.2 Å². The van der Waals surface area contributed by atoms with Crippen LogP contribution in [-0.2, 0) is 37.4 Å². The van der Waals surface area contributed by atoms with Gasteiger partial charge in [-0.2, -0.15) is 5.10 Å². The number of hydrogen-bond donors (Lipinski definition) is 1. The van der Waals surface area contributed by atoms with Crippen molar-refractivity contribution in [3.63, 3.8) is 0 Å². The molecule has 43 heavy (non-hydrogen) atoms. The minimum atomic E-state index is -2.89. The van der Waals surface area contributed by atoms with Gasteiger partial charge in [0, 0.05) is 44.5 Å². The Balaban J connectivity index is 1.21. The normalized spacial score (nSPS) is 15.1.